The fourth-order valence-corrected chi connectivity index (χ4v) is 2.61. The lowest BCUT2D eigenvalue weighted by molar-refractivity contribution is -0.142. The first-order valence-electron chi connectivity index (χ1n) is 6.98. The highest BCUT2D eigenvalue weighted by atomic mass is 16.4. The lowest BCUT2D eigenvalue weighted by Gasteiger charge is -2.24. The molecule has 114 valence electrons. The second kappa shape index (κ2) is 6.03. The molecule has 0 saturated carbocycles. The highest BCUT2D eigenvalue weighted by molar-refractivity contribution is 5.91. The van der Waals surface area contributed by atoms with Crippen molar-refractivity contribution in [1.82, 2.24) is 4.90 Å². The molecule has 1 saturated heterocycles. The molecule has 2 unspecified atom stereocenters. The molecule has 2 N–H and O–H groups in total. The van der Waals surface area contributed by atoms with Crippen LogP contribution in [0.2, 0.25) is 0 Å². The number of carbonyl (C=O) groups is 2. The lowest BCUT2D eigenvalue weighted by atomic mass is 10.0. The van der Waals surface area contributed by atoms with Gasteiger partial charge >= 0.3 is 12.0 Å². The molecule has 0 spiro atoms. The molecule has 1 aromatic rings. The van der Waals surface area contributed by atoms with E-state index in [-0.39, 0.29) is 12.1 Å². The van der Waals surface area contributed by atoms with Gasteiger partial charge in [0.15, 0.2) is 0 Å². The Morgan fingerprint density at radius 2 is 2.10 bits per heavy atom. The Balaban J connectivity index is 2.05. The molecule has 1 heterocycles. The monoisotopic (exact) mass is 291 g/mol. The first-order valence-corrected chi connectivity index (χ1v) is 6.98. The zero-order valence-corrected chi connectivity index (χ0v) is 12.5. The van der Waals surface area contributed by atoms with Gasteiger partial charge in [-0.2, -0.15) is 0 Å². The predicted molar refractivity (Wildman–Crippen MR) is 81.7 cm³/mol. The highest BCUT2D eigenvalue weighted by Crippen LogP contribution is 2.25. The van der Waals surface area contributed by atoms with Crippen molar-refractivity contribution in [2.75, 3.05) is 30.9 Å². The van der Waals surface area contributed by atoms with Crippen LogP contribution in [0.1, 0.15) is 13.3 Å². The van der Waals surface area contributed by atoms with E-state index in [1.807, 2.05) is 43.3 Å². The minimum Gasteiger partial charge on any atom is -0.481 e. The number of nitrogens with zero attached hydrogens (tertiary/aromatic N) is 2. The summed E-state index contributed by atoms with van der Waals surface area (Å²) in [6.45, 7) is 2.25. The minimum absolute atomic E-state index is 0.248. The molecular weight excluding hydrogens is 270 g/mol. The summed E-state index contributed by atoms with van der Waals surface area (Å²) in [6.07, 6.45) is 0.502. The van der Waals surface area contributed by atoms with Gasteiger partial charge < -0.3 is 20.2 Å². The Hall–Kier alpha value is -2.24. The molecule has 0 aromatic heterocycles. The van der Waals surface area contributed by atoms with Gasteiger partial charge in [-0.25, -0.2) is 4.79 Å². The average molecular weight is 291 g/mol. The number of urea groups is 1. The summed E-state index contributed by atoms with van der Waals surface area (Å²) in [4.78, 5) is 26.9. The van der Waals surface area contributed by atoms with Crippen molar-refractivity contribution in [2.45, 2.75) is 19.4 Å². The molecule has 2 amide bonds. The molecule has 1 aliphatic heterocycles. The molecular formula is C15H21N3O3. The number of carbonyl (C=O) groups excluding carboxylic acids is 1. The van der Waals surface area contributed by atoms with Gasteiger partial charge in [-0.15, -0.1) is 0 Å². The van der Waals surface area contributed by atoms with Crippen LogP contribution in [0.4, 0.5) is 16.2 Å². The zero-order valence-electron chi connectivity index (χ0n) is 12.5. The van der Waals surface area contributed by atoms with Gasteiger partial charge in [0.05, 0.1) is 5.92 Å². The number of carboxylic acid groups (broad SMARTS) is 1. The molecule has 6 nitrogen and oxygen atoms in total. The Bertz CT molecular complexity index is 545. The van der Waals surface area contributed by atoms with Crippen LogP contribution in [0.25, 0.3) is 0 Å². The van der Waals surface area contributed by atoms with Gasteiger partial charge in [0, 0.05) is 38.1 Å². The molecule has 1 fully saturated rings. The molecule has 2 atom stereocenters. The first kappa shape index (κ1) is 15.2. The van der Waals surface area contributed by atoms with Crippen LogP contribution in [-0.2, 0) is 4.79 Å². The summed E-state index contributed by atoms with van der Waals surface area (Å²) >= 11 is 0. The number of carboxylic acids is 1. The fraction of sp³-hybridized carbons (Fsp3) is 0.467. The number of amides is 2. The van der Waals surface area contributed by atoms with Crippen LogP contribution < -0.4 is 10.2 Å². The summed E-state index contributed by atoms with van der Waals surface area (Å²) in [5.41, 5.74) is 1.70. The van der Waals surface area contributed by atoms with E-state index in [2.05, 4.69) is 5.32 Å². The Kier molecular flexibility index (Phi) is 4.35. The van der Waals surface area contributed by atoms with Gasteiger partial charge in [-0.05, 0) is 31.5 Å². The summed E-state index contributed by atoms with van der Waals surface area (Å²) in [6, 6.07) is 6.99. The van der Waals surface area contributed by atoms with Crippen molar-refractivity contribution < 1.29 is 14.7 Å². The lowest BCUT2D eigenvalue weighted by Crippen LogP contribution is -2.40. The standard InChI is InChI=1S/C15H21N3O3/c1-10-13(14(19)20)7-8-18(10)15(21)16-11-5-4-6-12(9-11)17(2)3/h4-6,9-10,13H,7-8H2,1-3H3,(H,16,21)(H,19,20). The minimum atomic E-state index is -0.840. The van der Waals surface area contributed by atoms with E-state index in [0.717, 1.165) is 5.69 Å². The molecule has 2 rings (SSSR count). The topological polar surface area (TPSA) is 72.9 Å². The maximum absolute atomic E-state index is 12.3. The fourth-order valence-electron chi connectivity index (χ4n) is 2.61. The second-order valence-corrected chi connectivity index (χ2v) is 5.54. The Morgan fingerprint density at radius 1 is 1.38 bits per heavy atom. The van der Waals surface area contributed by atoms with Crippen LogP contribution in [0.5, 0.6) is 0 Å². The summed E-state index contributed by atoms with van der Waals surface area (Å²) in [5.74, 6) is -1.32. The molecule has 6 heteroatoms. The first-order chi connectivity index (χ1) is 9.90. The zero-order chi connectivity index (χ0) is 15.6. The van der Waals surface area contributed by atoms with Gasteiger partial charge in [0.2, 0.25) is 0 Å². The number of nitrogens with one attached hydrogen (secondary N) is 1. The van der Waals surface area contributed by atoms with Crippen molar-refractivity contribution in [3.8, 4) is 0 Å². The van der Waals surface area contributed by atoms with E-state index in [1.54, 1.807) is 11.8 Å². The van der Waals surface area contributed by atoms with Crippen molar-refractivity contribution in [3.63, 3.8) is 0 Å². The highest BCUT2D eigenvalue weighted by Gasteiger charge is 2.38. The second-order valence-electron chi connectivity index (χ2n) is 5.54. The summed E-state index contributed by atoms with van der Waals surface area (Å²) in [5, 5.41) is 11.9. The smallest absolute Gasteiger partial charge is 0.322 e. The Morgan fingerprint density at radius 3 is 2.67 bits per heavy atom. The summed E-state index contributed by atoms with van der Waals surface area (Å²) in [7, 11) is 3.86. The number of benzene rings is 1. The number of rotatable bonds is 3. The van der Waals surface area contributed by atoms with Crippen LogP contribution in [0, 0.1) is 5.92 Å². The Labute approximate surface area is 124 Å². The number of aliphatic carboxylic acids is 1. The van der Waals surface area contributed by atoms with Crippen molar-refractivity contribution in [2.24, 2.45) is 5.92 Å². The van der Waals surface area contributed by atoms with E-state index in [0.29, 0.717) is 18.7 Å². The maximum Gasteiger partial charge on any atom is 0.322 e. The van der Waals surface area contributed by atoms with E-state index >= 15 is 0 Å². The maximum atomic E-state index is 12.3. The molecule has 1 aliphatic rings. The van der Waals surface area contributed by atoms with Crippen molar-refractivity contribution in [3.05, 3.63) is 24.3 Å². The molecule has 21 heavy (non-hydrogen) atoms. The molecule has 0 bridgehead atoms. The van der Waals surface area contributed by atoms with E-state index in [9.17, 15) is 9.59 Å². The quantitative estimate of drug-likeness (QED) is 0.894. The SMILES string of the molecule is CC1C(C(=O)O)CCN1C(=O)Nc1cccc(N(C)C)c1. The number of hydrogen-bond donors (Lipinski definition) is 2. The van der Waals surface area contributed by atoms with Crippen LogP contribution in [-0.4, -0.2) is 48.7 Å². The third-order valence-corrected chi connectivity index (χ3v) is 3.95. The predicted octanol–water partition coefficient (Wildman–Crippen LogP) is 2.08. The van der Waals surface area contributed by atoms with Gasteiger partial charge in [0.25, 0.3) is 0 Å². The third-order valence-electron chi connectivity index (χ3n) is 3.95. The van der Waals surface area contributed by atoms with Crippen LogP contribution in [0.3, 0.4) is 0 Å². The molecule has 0 aliphatic carbocycles. The van der Waals surface area contributed by atoms with E-state index < -0.39 is 11.9 Å². The van der Waals surface area contributed by atoms with Crippen molar-refractivity contribution >= 4 is 23.4 Å². The number of hydrogen-bond acceptors (Lipinski definition) is 3. The van der Waals surface area contributed by atoms with Crippen LogP contribution in [0.15, 0.2) is 24.3 Å². The molecule has 1 aromatic carbocycles. The summed E-state index contributed by atoms with van der Waals surface area (Å²) < 4.78 is 0. The van der Waals surface area contributed by atoms with Gasteiger partial charge in [0.1, 0.15) is 0 Å². The third kappa shape index (κ3) is 3.26. The van der Waals surface area contributed by atoms with Gasteiger partial charge in [-0.1, -0.05) is 6.07 Å². The molecule has 0 radical (unpaired) electrons. The number of anilines is 2. The van der Waals surface area contributed by atoms with E-state index in [4.69, 9.17) is 5.11 Å². The number of likely N-dealkylation sites (tertiary alicyclic amines) is 1. The average Bonchev–Trinajstić information content (AvgIpc) is 2.81. The normalized spacial score (nSPS) is 21.2. The van der Waals surface area contributed by atoms with Crippen molar-refractivity contribution in [1.29, 1.82) is 0 Å². The van der Waals surface area contributed by atoms with Gasteiger partial charge in [-0.3, -0.25) is 4.79 Å². The van der Waals surface area contributed by atoms with E-state index in [1.165, 1.54) is 0 Å². The van der Waals surface area contributed by atoms with Crippen LogP contribution >= 0.6 is 0 Å². The largest absolute Gasteiger partial charge is 0.481 e.